The minimum Gasteiger partial charge on any atom is -0.399 e. The average molecular weight is 223 g/mol. The zero-order valence-electron chi connectivity index (χ0n) is 8.18. The van der Waals surface area contributed by atoms with Gasteiger partial charge in [0.25, 0.3) is 0 Å². The molecule has 0 atom stereocenters. The zero-order valence-corrected chi connectivity index (χ0v) is 8.18. The first-order valence-electron chi connectivity index (χ1n) is 4.58. The minimum absolute atomic E-state index is 0.253. The Morgan fingerprint density at radius 3 is 2.00 bits per heavy atom. The van der Waals surface area contributed by atoms with Crippen molar-refractivity contribution in [2.45, 2.75) is 0 Å². The van der Waals surface area contributed by atoms with Crippen LogP contribution in [0.15, 0.2) is 36.4 Å². The van der Waals surface area contributed by atoms with Crippen molar-refractivity contribution in [3.8, 4) is 11.1 Å². The van der Waals surface area contributed by atoms with Gasteiger partial charge in [-0.1, -0.05) is 12.1 Å². The lowest BCUT2D eigenvalue weighted by atomic mass is 10.0. The van der Waals surface area contributed by atoms with Crippen LogP contribution in [0.1, 0.15) is 0 Å². The highest BCUT2D eigenvalue weighted by Crippen LogP contribution is 2.24. The molecule has 82 valence electrons. The molecule has 1 nitrogen and oxygen atoms in total. The normalized spacial score (nSPS) is 10.4. The Labute approximate surface area is 90.3 Å². The number of hydrogen-bond donors (Lipinski definition) is 1. The van der Waals surface area contributed by atoms with Crippen molar-refractivity contribution in [2.75, 3.05) is 5.73 Å². The molecule has 0 aromatic heterocycles. The summed E-state index contributed by atoms with van der Waals surface area (Å²) in [5, 5.41) is 0. The maximum atomic E-state index is 13.0. The maximum absolute atomic E-state index is 13.0. The molecule has 0 amide bonds. The van der Waals surface area contributed by atoms with Crippen molar-refractivity contribution in [2.24, 2.45) is 0 Å². The highest BCUT2D eigenvalue weighted by Gasteiger charge is 2.11. The van der Waals surface area contributed by atoms with E-state index in [4.69, 9.17) is 5.73 Å². The Bertz CT molecular complexity index is 515. The molecule has 0 aliphatic carbocycles. The number of anilines is 1. The monoisotopic (exact) mass is 223 g/mol. The van der Waals surface area contributed by atoms with E-state index in [2.05, 4.69) is 0 Å². The van der Waals surface area contributed by atoms with E-state index in [9.17, 15) is 13.2 Å². The van der Waals surface area contributed by atoms with Crippen molar-refractivity contribution in [3.63, 3.8) is 0 Å². The summed E-state index contributed by atoms with van der Waals surface area (Å²) in [6, 6.07) is 8.39. The van der Waals surface area contributed by atoms with Crippen LogP contribution in [0.2, 0.25) is 0 Å². The van der Waals surface area contributed by atoms with E-state index in [1.165, 1.54) is 0 Å². The predicted octanol–water partition coefficient (Wildman–Crippen LogP) is 3.35. The molecular weight excluding hydrogens is 215 g/mol. The summed E-state index contributed by atoms with van der Waals surface area (Å²) in [5.74, 6) is -3.89. The molecule has 2 rings (SSSR count). The van der Waals surface area contributed by atoms with Gasteiger partial charge < -0.3 is 5.73 Å². The fourth-order valence-electron chi connectivity index (χ4n) is 1.44. The van der Waals surface area contributed by atoms with Gasteiger partial charge >= 0.3 is 0 Å². The summed E-state index contributed by atoms with van der Waals surface area (Å²) >= 11 is 0. The van der Waals surface area contributed by atoms with Crippen LogP contribution < -0.4 is 5.73 Å². The molecule has 0 spiro atoms. The summed E-state index contributed by atoms with van der Waals surface area (Å²) in [6.45, 7) is 0. The van der Waals surface area contributed by atoms with Crippen LogP contribution in [0.3, 0.4) is 0 Å². The van der Waals surface area contributed by atoms with E-state index in [0.29, 0.717) is 11.3 Å². The lowest BCUT2D eigenvalue weighted by Crippen LogP contribution is -1.92. The third-order valence-corrected chi connectivity index (χ3v) is 2.20. The summed E-state index contributed by atoms with van der Waals surface area (Å²) in [6.07, 6.45) is 0. The number of hydrogen-bond acceptors (Lipinski definition) is 1. The molecule has 0 aliphatic rings. The first-order chi connectivity index (χ1) is 7.58. The average Bonchev–Trinajstić information content (AvgIpc) is 2.25. The summed E-state index contributed by atoms with van der Waals surface area (Å²) in [7, 11) is 0. The van der Waals surface area contributed by atoms with Crippen molar-refractivity contribution in [3.05, 3.63) is 53.8 Å². The van der Waals surface area contributed by atoms with Crippen LogP contribution in [0.4, 0.5) is 18.9 Å². The third kappa shape index (κ3) is 1.86. The molecule has 0 saturated carbocycles. The zero-order chi connectivity index (χ0) is 11.7. The quantitative estimate of drug-likeness (QED) is 0.582. The van der Waals surface area contributed by atoms with Gasteiger partial charge in [-0.25, -0.2) is 13.2 Å². The molecule has 0 unspecified atom stereocenters. The Hall–Kier alpha value is -1.97. The van der Waals surface area contributed by atoms with Crippen LogP contribution in [-0.4, -0.2) is 0 Å². The Balaban J connectivity index is 2.57. The van der Waals surface area contributed by atoms with Crippen molar-refractivity contribution in [1.82, 2.24) is 0 Å². The van der Waals surface area contributed by atoms with Gasteiger partial charge in [0.2, 0.25) is 0 Å². The fraction of sp³-hybridized carbons (Fsp3) is 0. The largest absolute Gasteiger partial charge is 0.399 e. The molecule has 0 aliphatic heterocycles. The predicted molar refractivity (Wildman–Crippen MR) is 56.2 cm³/mol. The second-order valence-corrected chi connectivity index (χ2v) is 3.38. The number of nitrogen functional groups attached to an aromatic ring is 1. The second-order valence-electron chi connectivity index (χ2n) is 3.38. The summed E-state index contributed by atoms with van der Waals surface area (Å²) in [4.78, 5) is 0. The topological polar surface area (TPSA) is 26.0 Å². The minimum atomic E-state index is -1.47. The molecule has 0 fully saturated rings. The van der Waals surface area contributed by atoms with Gasteiger partial charge in [0.15, 0.2) is 17.5 Å². The maximum Gasteiger partial charge on any atom is 0.194 e. The highest BCUT2D eigenvalue weighted by atomic mass is 19.2. The summed E-state index contributed by atoms with van der Waals surface area (Å²) in [5.41, 5.74) is 6.81. The van der Waals surface area contributed by atoms with Gasteiger partial charge in [-0.2, -0.15) is 0 Å². The standard InChI is InChI=1S/C12H8F3N/c13-10-5-8(6-11(14)12(10)15)7-2-1-3-9(16)4-7/h1-6H,16H2. The van der Waals surface area contributed by atoms with E-state index in [1.54, 1.807) is 24.3 Å². The molecule has 0 radical (unpaired) electrons. The Kier molecular flexibility index (Phi) is 2.56. The molecule has 4 heteroatoms. The fourth-order valence-corrected chi connectivity index (χ4v) is 1.44. The lowest BCUT2D eigenvalue weighted by Gasteiger charge is -2.04. The lowest BCUT2D eigenvalue weighted by molar-refractivity contribution is 0.448. The molecule has 0 bridgehead atoms. The van der Waals surface area contributed by atoms with Crippen molar-refractivity contribution >= 4 is 5.69 Å². The van der Waals surface area contributed by atoms with Crippen LogP contribution in [0.5, 0.6) is 0 Å². The smallest absolute Gasteiger partial charge is 0.194 e. The highest BCUT2D eigenvalue weighted by molar-refractivity contribution is 5.67. The first kappa shape index (κ1) is 10.5. The van der Waals surface area contributed by atoms with Gasteiger partial charge in [-0.3, -0.25) is 0 Å². The SMILES string of the molecule is Nc1cccc(-c2cc(F)c(F)c(F)c2)c1. The van der Waals surface area contributed by atoms with E-state index in [-0.39, 0.29) is 5.56 Å². The van der Waals surface area contributed by atoms with Crippen LogP contribution in [0.25, 0.3) is 11.1 Å². The third-order valence-electron chi connectivity index (χ3n) is 2.20. The molecule has 2 aromatic rings. The molecule has 0 saturated heterocycles. The van der Waals surface area contributed by atoms with Gasteiger partial charge in [0.1, 0.15) is 0 Å². The van der Waals surface area contributed by atoms with E-state index < -0.39 is 17.5 Å². The molecule has 2 aromatic carbocycles. The number of halogens is 3. The van der Waals surface area contributed by atoms with Crippen LogP contribution in [0, 0.1) is 17.5 Å². The van der Waals surface area contributed by atoms with Gasteiger partial charge in [0, 0.05) is 5.69 Å². The molecule has 16 heavy (non-hydrogen) atoms. The molecule has 2 N–H and O–H groups in total. The van der Waals surface area contributed by atoms with Crippen molar-refractivity contribution in [1.29, 1.82) is 0 Å². The van der Waals surface area contributed by atoms with Gasteiger partial charge in [0.05, 0.1) is 0 Å². The molecular formula is C12H8F3N. The molecule has 0 heterocycles. The van der Waals surface area contributed by atoms with Crippen LogP contribution in [-0.2, 0) is 0 Å². The van der Waals surface area contributed by atoms with E-state index >= 15 is 0 Å². The van der Waals surface area contributed by atoms with Crippen molar-refractivity contribution < 1.29 is 13.2 Å². The van der Waals surface area contributed by atoms with E-state index in [1.807, 2.05) is 0 Å². The number of rotatable bonds is 1. The Morgan fingerprint density at radius 2 is 1.44 bits per heavy atom. The number of nitrogens with two attached hydrogens (primary N) is 1. The second kappa shape index (κ2) is 3.89. The number of benzene rings is 2. The van der Waals surface area contributed by atoms with Crippen LogP contribution >= 0.6 is 0 Å². The van der Waals surface area contributed by atoms with Gasteiger partial charge in [-0.05, 0) is 35.4 Å². The van der Waals surface area contributed by atoms with E-state index in [0.717, 1.165) is 12.1 Å². The van der Waals surface area contributed by atoms with Gasteiger partial charge in [-0.15, -0.1) is 0 Å². The Morgan fingerprint density at radius 1 is 0.812 bits per heavy atom. The first-order valence-corrected chi connectivity index (χ1v) is 4.58. The summed E-state index contributed by atoms with van der Waals surface area (Å²) < 4.78 is 38.7.